The third-order valence-corrected chi connectivity index (χ3v) is 3.15. The zero-order chi connectivity index (χ0) is 11.7. The van der Waals surface area contributed by atoms with Crippen LogP contribution in [-0.2, 0) is 11.3 Å². The highest BCUT2D eigenvalue weighted by atomic mass is 32.1. The molecule has 0 aromatic carbocycles. The van der Waals surface area contributed by atoms with E-state index in [0.29, 0.717) is 5.56 Å². The summed E-state index contributed by atoms with van der Waals surface area (Å²) in [5.41, 5.74) is 0.475. The zero-order valence-corrected chi connectivity index (χ0v) is 8.91. The largest absolute Gasteiger partial charge is 0.477 e. The third-order valence-electron chi connectivity index (χ3n) is 2.21. The molecule has 0 spiro atoms. The first kappa shape index (κ1) is 10.6. The van der Waals surface area contributed by atoms with Crippen LogP contribution in [0.25, 0.3) is 0 Å². The van der Waals surface area contributed by atoms with Gasteiger partial charge in [-0.05, 0) is 17.0 Å². The van der Waals surface area contributed by atoms with E-state index >= 15 is 0 Å². The zero-order valence-electron chi connectivity index (χ0n) is 8.10. The van der Waals surface area contributed by atoms with Gasteiger partial charge in [-0.2, -0.15) is 0 Å². The van der Waals surface area contributed by atoms with Gasteiger partial charge in [0.1, 0.15) is 4.88 Å². The number of rotatable bonds is 3. The summed E-state index contributed by atoms with van der Waals surface area (Å²) in [5.74, 6) is -1.38. The molecule has 16 heavy (non-hydrogen) atoms. The van der Waals surface area contributed by atoms with Gasteiger partial charge < -0.3 is 10.4 Å². The van der Waals surface area contributed by atoms with E-state index in [0.717, 1.165) is 16.2 Å². The topological polar surface area (TPSA) is 86.7 Å². The molecule has 7 heteroatoms. The standard InChI is InChI=1S/C9H8N2O4S/c12-6-3-10-9(15)11(6)4-5-1-2-16-7(5)8(13)14/h1-2H,3-4H2,(H,10,15)(H,13,14). The number of carboxylic acids is 1. The molecule has 84 valence electrons. The maximum Gasteiger partial charge on any atom is 0.346 e. The lowest BCUT2D eigenvalue weighted by molar-refractivity contribution is -0.125. The van der Waals surface area contributed by atoms with Crippen molar-refractivity contribution in [2.24, 2.45) is 0 Å². The summed E-state index contributed by atoms with van der Waals surface area (Å²) in [6, 6.07) is 1.13. The SMILES string of the molecule is O=C(O)c1sccc1CN1C(=O)CNC1=O. The second-order valence-electron chi connectivity index (χ2n) is 3.22. The van der Waals surface area contributed by atoms with Crippen molar-refractivity contribution < 1.29 is 19.5 Å². The van der Waals surface area contributed by atoms with Gasteiger partial charge in [0.05, 0.1) is 13.1 Å². The molecule has 2 rings (SSSR count). The smallest absolute Gasteiger partial charge is 0.346 e. The predicted molar refractivity (Wildman–Crippen MR) is 55.2 cm³/mol. The fourth-order valence-electron chi connectivity index (χ4n) is 1.43. The van der Waals surface area contributed by atoms with E-state index in [1.54, 1.807) is 11.4 Å². The van der Waals surface area contributed by atoms with Crippen molar-refractivity contribution >= 4 is 29.2 Å². The lowest BCUT2D eigenvalue weighted by Crippen LogP contribution is -2.30. The molecule has 0 unspecified atom stereocenters. The van der Waals surface area contributed by atoms with Crippen molar-refractivity contribution in [1.82, 2.24) is 10.2 Å². The Bertz CT molecular complexity index is 452. The van der Waals surface area contributed by atoms with Crippen LogP contribution in [0.5, 0.6) is 0 Å². The average molecular weight is 240 g/mol. The fraction of sp³-hybridized carbons (Fsp3) is 0.222. The number of thiophene rings is 1. The first-order valence-corrected chi connectivity index (χ1v) is 5.35. The predicted octanol–water partition coefficient (Wildman–Crippen LogP) is 0.498. The van der Waals surface area contributed by atoms with Gasteiger partial charge in [-0.15, -0.1) is 11.3 Å². The van der Waals surface area contributed by atoms with Crippen molar-refractivity contribution in [3.8, 4) is 0 Å². The van der Waals surface area contributed by atoms with Gasteiger partial charge in [0, 0.05) is 0 Å². The van der Waals surface area contributed by atoms with Crippen molar-refractivity contribution in [2.45, 2.75) is 6.54 Å². The highest BCUT2D eigenvalue weighted by molar-refractivity contribution is 7.12. The van der Waals surface area contributed by atoms with Crippen molar-refractivity contribution in [1.29, 1.82) is 0 Å². The highest BCUT2D eigenvalue weighted by Crippen LogP contribution is 2.19. The molecule has 2 N–H and O–H groups in total. The van der Waals surface area contributed by atoms with Crippen LogP contribution in [0.4, 0.5) is 4.79 Å². The summed E-state index contributed by atoms with van der Waals surface area (Å²) in [7, 11) is 0. The number of imide groups is 1. The van der Waals surface area contributed by atoms with Crippen LogP contribution < -0.4 is 5.32 Å². The van der Waals surface area contributed by atoms with Crippen LogP contribution in [0.15, 0.2) is 11.4 Å². The Morgan fingerprint density at radius 3 is 2.88 bits per heavy atom. The van der Waals surface area contributed by atoms with Gasteiger partial charge in [-0.1, -0.05) is 0 Å². The number of hydrogen-bond donors (Lipinski definition) is 2. The maximum atomic E-state index is 11.3. The Hall–Kier alpha value is -1.89. The number of nitrogens with zero attached hydrogens (tertiary/aromatic N) is 1. The lowest BCUT2D eigenvalue weighted by Gasteiger charge is -2.11. The second-order valence-corrected chi connectivity index (χ2v) is 4.13. The van der Waals surface area contributed by atoms with Gasteiger partial charge >= 0.3 is 12.0 Å². The van der Waals surface area contributed by atoms with Gasteiger partial charge in [0.2, 0.25) is 5.91 Å². The number of amides is 3. The Kier molecular flexibility index (Phi) is 2.61. The molecule has 0 radical (unpaired) electrons. The first-order valence-electron chi connectivity index (χ1n) is 4.47. The molecule has 3 amide bonds. The van der Waals surface area contributed by atoms with Gasteiger partial charge in [-0.25, -0.2) is 9.59 Å². The quantitative estimate of drug-likeness (QED) is 0.753. The molecule has 1 aliphatic heterocycles. The summed E-state index contributed by atoms with van der Waals surface area (Å²) in [6.45, 7) is -0.0127. The number of hydrogen-bond acceptors (Lipinski definition) is 4. The van der Waals surface area contributed by atoms with E-state index in [2.05, 4.69) is 5.32 Å². The van der Waals surface area contributed by atoms with Crippen LogP contribution >= 0.6 is 11.3 Å². The minimum Gasteiger partial charge on any atom is -0.477 e. The highest BCUT2D eigenvalue weighted by Gasteiger charge is 2.29. The van der Waals surface area contributed by atoms with Gasteiger partial charge in [0.25, 0.3) is 0 Å². The summed E-state index contributed by atoms with van der Waals surface area (Å²) in [6.07, 6.45) is 0. The maximum absolute atomic E-state index is 11.3. The van der Waals surface area contributed by atoms with E-state index in [1.807, 2.05) is 0 Å². The number of carbonyl (C=O) groups excluding carboxylic acids is 2. The normalized spacial score (nSPS) is 15.4. The molecular formula is C9H8N2O4S. The van der Waals surface area contributed by atoms with Gasteiger partial charge in [-0.3, -0.25) is 9.69 Å². The fourth-order valence-corrected chi connectivity index (χ4v) is 2.19. The molecular weight excluding hydrogens is 232 g/mol. The van der Waals surface area contributed by atoms with Crippen LogP contribution in [0.2, 0.25) is 0 Å². The molecule has 6 nitrogen and oxygen atoms in total. The molecule has 2 heterocycles. The Morgan fingerprint density at radius 1 is 1.56 bits per heavy atom. The van der Waals surface area contributed by atoms with Crippen molar-refractivity contribution in [3.63, 3.8) is 0 Å². The number of nitrogens with one attached hydrogen (secondary N) is 1. The first-order chi connectivity index (χ1) is 7.59. The van der Waals surface area contributed by atoms with E-state index in [1.165, 1.54) is 0 Å². The molecule has 1 aliphatic rings. The lowest BCUT2D eigenvalue weighted by atomic mass is 10.2. The molecule has 0 saturated carbocycles. The molecule has 0 bridgehead atoms. The van der Waals surface area contributed by atoms with Crippen LogP contribution in [-0.4, -0.2) is 34.5 Å². The van der Waals surface area contributed by atoms with E-state index in [9.17, 15) is 14.4 Å². The summed E-state index contributed by atoms with van der Waals surface area (Å²) < 4.78 is 0. The molecule has 1 saturated heterocycles. The summed E-state index contributed by atoms with van der Waals surface area (Å²) in [5, 5.41) is 12.9. The molecule has 1 aromatic rings. The Balaban J connectivity index is 2.20. The minimum absolute atomic E-state index is 0.00972. The Morgan fingerprint density at radius 2 is 2.31 bits per heavy atom. The number of carbonyl (C=O) groups is 3. The second kappa shape index (κ2) is 3.93. The number of urea groups is 1. The number of aromatic carboxylic acids is 1. The van der Waals surface area contributed by atoms with Crippen molar-refractivity contribution in [3.05, 3.63) is 21.9 Å². The Labute approximate surface area is 94.5 Å². The molecule has 0 aliphatic carbocycles. The van der Waals surface area contributed by atoms with E-state index < -0.39 is 12.0 Å². The van der Waals surface area contributed by atoms with Crippen LogP contribution in [0.1, 0.15) is 15.2 Å². The van der Waals surface area contributed by atoms with Crippen LogP contribution in [0.3, 0.4) is 0 Å². The summed E-state index contributed by atoms with van der Waals surface area (Å²) in [4.78, 5) is 34.5. The summed E-state index contributed by atoms with van der Waals surface area (Å²) >= 11 is 1.07. The van der Waals surface area contributed by atoms with Gasteiger partial charge in [0.15, 0.2) is 0 Å². The van der Waals surface area contributed by atoms with Crippen LogP contribution in [0, 0.1) is 0 Å². The number of carboxylic acid groups (broad SMARTS) is 1. The monoisotopic (exact) mass is 240 g/mol. The minimum atomic E-state index is -1.04. The van der Waals surface area contributed by atoms with E-state index in [4.69, 9.17) is 5.11 Å². The molecule has 1 aromatic heterocycles. The third kappa shape index (κ3) is 1.76. The average Bonchev–Trinajstić information content (AvgIpc) is 2.80. The van der Waals surface area contributed by atoms with E-state index in [-0.39, 0.29) is 23.9 Å². The molecule has 0 atom stereocenters. The molecule has 1 fully saturated rings. The van der Waals surface area contributed by atoms with Crippen molar-refractivity contribution in [2.75, 3.05) is 6.54 Å².